The van der Waals surface area contributed by atoms with Gasteiger partial charge in [0.2, 0.25) is 5.91 Å². The van der Waals surface area contributed by atoms with Crippen LogP contribution < -0.4 is 5.32 Å². The molecular formula is C21H26FN3O. The van der Waals surface area contributed by atoms with E-state index in [4.69, 9.17) is 0 Å². The third-order valence-electron chi connectivity index (χ3n) is 4.86. The second kappa shape index (κ2) is 8.92. The van der Waals surface area contributed by atoms with Crippen LogP contribution in [0.25, 0.3) is 0 Å². The highest BCUT2D eigenvalue weighted by atomic mass is 19.1. The van der Waals surface area contributed by atoms with Gasteiger partial charge in [-0.2, -0.15) is 0 Å². The molecule has 1 fully saturated rings. The molecular weight excluding hydrogens is 329 g/mol. The van der Waals surface area contributed by atoms with Crippen LogP contribution in [0.1, 0.15) is 18.1 Å². The van der Waals surface area contributed by atoms with E-state index < -0.39 is 0 Å². The largest absolute Gasteiger partial charge is 0.325 e. The summed E-state index contributed by atoms with van der Waals surface area (Å²) in [5.41, 5.74) is 2.78. The lowest BCUT2D eigenvalue weighted by molar-refractivity contribution is -0.117. The Morgan fingerprint density at radius 3 is 2.27 bits per heavy atom. The highest BCUT2D eigenvalue weighted by Crippen LogP contribution is 2.16. The van der Waals surface area contributed by atoms with Gasteiger partial charge in [-0.25, -0.2) is 4.39 Å². The van der Waals surface area contributed by atoms with Crippen LogP contribution in [0, 0.1) is 5.82 Å². The lowest BCUT2D eigenvalue weighted by atomic mass is 10.1. The van der Waals surface area contributed by atoms with Crippen LogP contribution in [0.2, 0.25) is 0 Å². The monoisotopic (exact) mass is 355 g/mol. The number of piperazine rings is 1. The molecule has 0 radical (unpaired) electrons. The quantitative estimate of drug-likeness (QED) is 0.865. The molecule has 0 unspecified atom stereocenters. The Labute approximate surface area is 154 Å². The van der Waals surface area contributed by atoms with Gasteiger partial charge in [0.05, 0.1) is 6.54 Å². The molecule has 0 spiro atoms. The van der Waals surface area contributed by atoms with Crippen LogP contribution in [0.3, 0.4) is 0 Å². The molecule has 0 aliphatic carbocycles. The molecule has 1 amide bonds. The van der Waals surface area contributed by atoms with Gasteiger partial charge in [-0.1, -0.05) is 43.3 Å². The zero-order valence-corrected chi connectivity index (χ0v) is 15.2. The number of rotatable bonds is 6. The standard InChI is InChI=1S/C21H26FN3O/c1-2-17-7-4-6-10-20(17)23-21(26)16-25-13-11-24(12-14-25)15-18-8-3-5-9-19(18)22/h3-10H,2,11-16H2,1H3,(H,23,26). The van der Waals surface area contributed by atoms with Gasteiger partial charge < -0.3 is 5.32 Å². The molecule has 3 rings (SSSR count). The van der Waals surface area contributed by atoms with Gasteiger partial charge in [0.25, 0.3) is 0 Å². The fourth-order valence-electron chi connectivity index (χ4n) is 3.32. The summed E-state index contributed by atoms with van der Waals surface area (Å²) in [5.74, 6) is -0.127. The van der Waals surface area contributed by atoms with Crippen LogP contribution in [-0.4, -0.2) is 48.4 Å². The first-order valence-electron chi connectivity index (χ1n) is 9.21. The smallest absolute Gasteiger partial charge is 0.238 e. The predicted molar refractivity (Wildman–Crippen MR) is 103 cm³/mol. The lowest BCUT2D eigenvalue weighted by Crippen LogP contribution is -2.48. The fraction of sp³-hybridized carbons (Fsp3) is 0.381. The maximum Gasteiger partial charge on any atom is 0.238 e. The highest BCUT2D eigenvalue weighted by molar-refractivity contribution is 5.93. The van der Waals surface area contributed by atoms with Gasteiger partial charge >= 0.3 is 0 Å². The molecule has 4 nitrogen and oxygen atoms in total. The van der Waals surface area contributed by atoms with Crippen molar-refractivity contribution in [1.29, 1.82) is 0 Å². The summed E-state index contributed by atoms with van der Waals surface area (Å²) in [5, 5.41) is 3.02. The molecule has 0 bridgehead atoms. The van der Waals surface area contributed by atoms with E-state index in [0.29, 0.717) is 13.1 Å². The molecule has 5 heteroatoms. The number of hydrogen-bond donors (Lipinski definition) is 1. The van der Waals surface area contributed by atoms with Crippen molar-refractivity contribution >= 4 is 11.6 Å². The van der Waals surface area contributed by atoms with Crippen molar-refractivity contribution in [2.45, 2.75) is 19.9 Å². The lowest BCUT2D eigenvalue weighted by Gasteiger charge is -2.34. The average Bonchev–Trinajstić information content (AvgIpc) is 2.65. The Hall–Kier alpha value is -2.24. The molecule has 1 aliphatic heterocycles. The molecule has 1 saturated heterocycles. The van der Waals surface area contributed by atoms with Gasteiger partial charge in [-0.3, -0.25) is 14.6 Å². The fourth-order valence-corrected chi connectivity index (χ4v) is 3.32. The Balaban J connectivity index is 1.46. The summed E-state index contributed by atoms with van der Waals surface area (Å²) < 4.78 is 13.8. The maximum atomic E-state index is 13.8. The number of nitrogens with one attached hydrogen (secondary N) is 1. The summed E-state index contributed by atoms with van der Waals surface area (Å²) in [6.45, 7) is 6.41. The molecule has 138 valence electrons. The molecule has 0 saturated carbocycles. The normalized spacial score (nSPS) is 15.8. The van der Waals surface area contributed by atoms with E-state index >= 15 is 0 Å². The van der Waals surface area contributed by atoms with Gasteiger partial charge in [-0.05, 0) is 24.1 Å². The molecule has 1 heterocycles. The van der Waals surface area contributed by atoms with Crippen molar-refractivity contribution in [2.75, 3.05) is 38.0 Å². The number of carbonyl (C=O) groups is 1. The Morgan fingerprint density at radius 1 is 0.962 bits per heavy atom. The summed E-state index contributed by atoms with van der Waals surface area (Å²) in [4.78, 5) is 16.7. The van der Waals surface area contributed by atoms with Crippen molar-refractivity contribution < 1.29 is 9.18 Å². The van der Waals surface area contributed by atoms with Crippen LogP contribution in [-0.2, 0) is 17.8 Å². The molecule has 0 aromatic heterocycles. The second-order valence-corrected chi connectivity index (χ2v) is 6.70. The van der Waals surface area contributed by atoms with Crippen molar-refractivity contribution in [2.24, 2.45) is 0 Å². The maximum absolute atomic E-state index is 13.8. The van der Waals surface area contributed by atoms with E-state index in [2.05, 4.69) is 22.0 Å². The summed E-state index contributed by atoms with van der Waals surface area (Å²) in [6, 6.07) is 14.8. The number of halogens is 1. The molecule has 26 heavy (non-hydrogen) atoms. The number of anilines is 1. The minimum atomic E-state index is -0.149. The average molecular weight is 355 g/mol. The number of aryl methyl sites for hydroxylation is 1. The topological polar surface area (TPSA) is 35.6 Å². The Bertz CT molecular complexity index is 742. The Kier molecular flexibility index (Phi) is 6.36. The van der Waals surface area contributed by atoms with E-state index in [1.807, 2.05) is 36.4 Å². The van der Waals surface area contributed by atoms with Crippen LogP contribution in [0.4, 0.5) is 10.1 Å². The van der Waals surface area contributed by atoms with Gasteiger partial charge in [0.15, 0.2) is 0 Å². The SMILES string of the molecule is CCc1ccccc1NC(=O)CN1CCN(Cc2ccccc2F)CC1. The van der Waals surface area contributed by atoms with Crippen LogP contribution in [0.15, 0.2) is 48.5 Å². The number of amides is 1. The third-order valence-corrected chi connectivity index (χ3v) is 4.86. The van der Waals surface area contributed by atoms with Crippen LogP contribution in [0.5, 0.6) is 0 Å². The van der Waals surface area contributed by atoms with E-state index in [1.165, 1.54) is 6.07 Å². The van der Waals surface area contributed by atoms with Gasteiger partial charge in [0.1, 0.15) is 5.82 Å². The van der Waals surface area contributed by atoms with Crippen molar-refractivity contribution in [3.63, 3.8) is 0 Å². The minimum absolute atomic E-state index is 0.0217. The first-order valence-corrected chi connectivity index (χ1v) is 9.21. The number of benzene rings is 2. The van der Waals surface area contributed by atoms with Crippen LogP contribution >= 0.6 is 0 Å². The molecule has 2 aromatic rings. The third kappa shape index (κ3) is 4.90. The second-order valence-electron chi connectivity index (χ2n) is 6.70. The summed E-state index contributed by atoms with van der Waals surface area (Å²) in [6.07, 6.45) is 0.894. The van der Waals surface area contributed by atoms with E-state index in [1.54, 1.807) is 6.07 Å². The first-order chi connectivity index (χ1) is 12.7. The number of carbonyl (C=O) groups excluding carboxylic acids is 1. The summed E-state index contributed by atoms with van der Waals surface area (Å²) >= 11 is 0. The van der Waals surface area contributed by atoms with Crippen molar-refractivity contribution in [3.8, 4) is 0 Å². The number of hydrogen-bond acceptors (Lipinski definition) is 3. The minimum Gasteiger partial charge on any atom is -0.325 e. The summed E-state index contributed by atoms with van der Waals surface area (Å²) in [7, 11) is 0. The highest BCUT2D eigenvalue weighted by Gasteiger charge is 2.20. The van der Waals surface area contributed by atoms with Gasteiger partial charge in [0, 0.05) is 44.0 Å². The zero-order valence-electron chi connectivity index (χ0n) is 15.2. The predicted octanol–water partition coefficient (Wildman–Crippen LogP) is 3.14. The Morgan fingerprint density at radius 2 is 1.58 bits per heavy atom. The molecule has 2 aromatic carbocycles. The molecule has 1 aliphatic rings. The molecule has 1 N–H and O–H groups in total. The van der Waals surface area contributed by atoms with Gasteiger partial charge in [-0.15, -0.1) is 0 Å². The van der Waals surface area contributed by atoms with Crippen molar-refractivity contribution in [1.82, 2.24) is 9.80 Å². The number of nitrogens with zero attached hydrogens (tertiary/aromatic N) is 2. The zero-order chi connectivity index (χ0) is 18.4. The number of para-hydroxylation sites is 1. The molecule has 0 atom stereocenters. The van der Waals surface area contributed by atoms with Crippen molar-refractivity contribution in [3.05, 3.63) is 65.5 Å². The van der Waals surface area contributed by atoms with E-state index in [-0.39, 0.29) is 11.7 Å². The first kappa shape index (κ1) is 18.5. The van der Waals surface area contributed by atoms with E-state index in [0.717, 1.165) is 49.4 Å². The van der Waals surface area contributed by atoms with E-state index in [9.17, 15) is 9.18 Å².